The summed E-state index contributed by atoms with van der Waals surface area (Å²) in [7, 11) is 0. The van der Waals surface area contributed by atoms with Crippen LogP contribution in [0.3, 0.4) is 0 Å². The summed E-state index contributed by atoms with van der Waals surface area (Å²) in [5, 5.41) is 11.8. The fourth-order valence-electron chi connectivity index (χ4n) is 2.10. The predicted molar refractivity (Wildman–Crippen MR) is 74.6 cm³/mol. The summed E-state index contributed by atoms with van der Waals surface area (Å²) in [6.45, 7) is 3.73. The number of aromatic nitrogens is 1. The number of hydrogen-bond acceptors (Lipinski definition) is 3. The summed E-state index contributed by atoms with van der Waals surface area (Å²) in [5.41, 5.74) is 1.41. The monoisotopic (exact) mass is 276 g/mol. The summed E-state index contributed by atoms with van der Waals surface area (Å²) in [4.78, 5) is 27.7. The maximum atomic E-state index is 12.2. The Balaban J connectivity index is 2.09. The Morgan fingerprint density at radius 2 is 2.20 bits per heavy atom. The maximum Gasteiger partial charge on any atom is 0.326 e. The standard InChI is InChI=1S/C15H20N2O3/c1-3-9(2)13(15(19)20)17-14(18)11-6-7-16-12(8-11)10-4-5-10/h6-10,13H,3-5H2,1-2H3,(H,17,18)(H,19,20)/t9-,13-/m0/s1. The molecule has 2 N–H and O–H groups in total. The molecule has 0 spiro atoms. The van der Waals surface area contributed by atoms with Gasteiger partial charge in [-0.3, -0.25) is 9.78 Å². The van der Waals surface area contributed by atoms with E-state index in [1.54, 1.807) is 18.3 Å². The number of carbonyl (C=O) groups is 2. The third-order valence-electron chi connectivity index (χ3n) is 3.80. The molecule has 2 atom stereocenters. The number of carbonyl (C=O) groups excluding carboxylic acids is 1. The van der Waals surface area contributed by atoms with Gasteiger partial charge in [-0.2, -0.15) is 0 Å². The first kappa shape index (κ1) is 14.5. The largest absolute Gasteiger partial charge is 0.480 e. The van der Waals surface area contributed by atoms with Crippen molar-refractivity contribution in [3.05, 3.63) is 29.6 Å². The van der Waals surface area contributed by atoms with Crippen LogP contribution in [0, 0.1) is 5.92 Å². The topological polar surface area (TPSA) is 79.3 Å². The van der Waals surface area contributed by atoms with E-state index in [9.17, 15) is 14.7 Å². The first-order chi connectivity index (χ1) is 9.52. The number of carboxylic acid groups (broad SMARTS) is 1. The Hall–Kier alpha value is -1.91. The van der Waals surface area contributed by atoms with Gasteiger partial charge in [0.25, 0.3) is 5.91 Å². The van der Waals surface area contributed by atoms with Crippen LogP contribution in [-0.4, -0.2) is 28.0 Å². The fourth-order valence-corrected chi connectivity index (χ4v) is 2.10. The van der Waals surface area contributed by atoms with E-state index in [1.807, 2.05) is 13.8 Å². The molecule has 20 heavy (non-hydrogen) atoms. The van der Waals surface area contributed by atoms with E-state index in [2.05, 4.69) is 10.3 Å². The van der Waals surface area contributed by atoms with Gasteiger partial charge in [-0.15, -0.1) is 0 Å². The van der Waals surface area contributed by atoms with Gasteiger partial charge in [0.2, 0.25) is 0 Å². The van der Waals surface area contributed by atoms with Gasteiger partial charge in [-0.05, 0) is 30.9 Å². The molecule has 0 saturated heterocycles. The molecule has 0 unspecified atom stereocenters. The SMILES string of the molecule is CC[C@H](C)[C@H](NC(=O)c1ccnc(C2CC2)c1)C(=O)O. The van der Waals surface area contributed by atoms with E-state index in [-0.39, 0.29) is 11.8 Å². The van der Waals surface area contributed by atoms with Crippen LogP contribution in [0.2, 0.25) is 0 Å². The second-order valence-electron chi connectivity index (χ2n) is 5.42. The molecule has 0 aromatic carbocycles. The minimum absolute atomic E-state index is 0.110. The second-order valence-corrected chi connectivity index (χ2v) is 5.42. The molecule has 1 heterocycles. The van der Waals surface area contributed by atoms with Crippen LogP contribution in [0.25, 0.3) is 0 Å². The van der Waals surface area contributed by atoms with Crippen molar-refractivity contribution in [2.45, 2.75) is 45.1 Å². The summed E-state index contributed by atoms with van der Waals surface area (Å²) in [6, 6.07) is 2.53. The zero-order chi connectivity index (χ0) is 14.7. The van der Waals surface area contributed by atoms with E-state index in [0.717, 1.165) is 18.5 Å². The highest BCUT2D eigenvalue weighted by atomic mass is 16.4. The zero-order valence-electron chi connectivity index (χ0n) is 11.8. The number of aliphatic carboxylic acids is 1. The van der Waals surface area contributed by atoms with Crippen molar-refractivity contribution in [3.63, 3.8) is 0 Å². The first-order valence-corrected chi connectivity index (χ1v) is 7.02. The van der Waals surface area contributed by atoms with E-state index in [1.165, 1.54) is 0 Å². The lowest BCUT2D eigenvalue weighted by Crippen LogP contribution is -2.45. The molecule has 0 radical (unpaired) electrons. The number of rotatable bonds is 6. The van der Waals surface area contributed by atoms with Gasteiger partial charge in [-0.25, -0.2) is 4.79 Å². The number of pyridine rings is 1. The molecule has 1 aliphatic carbocycles. The average molecular weight is 276 g/mol. The highest BCUT2D eigenvalue weighted by Crippen LogP contribution is 2.38. The van der Waals surface area contributed by atoms with Crippen molar-refractivity contribution >= 4 is 11.9 Å². The lowest BCUT2D eigenvalue weighted by atomic mass is 9.99. The zero-order valence-corrected chi connectivity index (χ0v) is 11.8. The van der Waals surface area contributed by atoms with Gasteiger partial charge in [0, 0.05) is 23.4 Å². The molecule has 5 heteroatoms. The van der Waals surface area contributed by atoms with E-state index >= 15 is 0 Å². The molecule has 1 saturated carbocycles. The number of hydrogen-bond donors (Lipinski definition) is 2. The molecule has 1 aromatic rings. The van der Waals surface area contributed by atoms with Crippen LogP contribution in [0.1, 0.15) is 55.1 Å². The van der Waals surface area contributed by atoms with Crippen LogP contribution in [0.5, 0.6) is 0 Å². The molecular weight excluding hydrogens is 256 g/mol. The quantitative estimate of drug-likeness (QED) is 0.834. The Morgan fingerprint density at radius 1 is 1.50 bits per heavy atom. The highest BCUT2D eigenvalue weighted by Gasteiger charge is 2.28. The average Bonchev–Trinajstić information content (AvgIpc) is 3.28. The Morgan fingerprint density at radius 3 is 2.75 bits per heavy atom. The van der Waals surface area contributed by atoms with Crippen LogP contribution >= 0.6 is 0 Å². The molecule has 1 aliphatic rings. The minimum Gasteiger partial charge on any atom is -0.480 e. The Kier molecular flexibility index (Phi) is 4.37. The van der Waals surface area contributed by atoms with Crippen LogP contribution in [0.4, 0.5) is 0 Å². The number of amides is 1. The van der Waals surface area contributed by atoms with Gasteiger partial charge in [0.05, 0.1) is 0 Å². The fraction of sp³-hybridized carbons (Fsp3) is 0.533. The van der Waals surface area contributed by atoms with Crippen molar-refractivity contribution in [1.82, 2.24) is 10.3 Å². The van der Waals surface area contributed by atoms with Crippen molar-refractivity contribution in [2.75, 3.05) is 0 Å². The number of nitrogens with zero attached hydrogens (tertiary/aromatic N) is 1. The summed E-state index contributed by atoms with van der Waals surface area (Å²) < 4.78 is 0. The van der Waals surface area contributed by atoms with E-state index < -0.39 is 12.0 Å². The molecule has 1 aromatic heterocycles. The second kappa shape index (κ2) is 6.03. The molecule has 108 valence electrons. The van der Waals surface area contributed by atoms with Gasteiger partial charge < -0.3 is 10.4 Å². The Labute approximate surface area is 118 Å². The predicted octanol–water partition coefficient (Wildman–Crippen LogP) is 2.19. The van der Waals surface area contributed by atoms with Crippen LogP contribution in [-0.2, 0) is 4.79 Å². The van der Waals surface area contributed by atoms with Gasteiger partial charge >= 0.3 is 5.97 Å². The lowest BCUT2D eigenvalue weighted by molar-refractivity contribution is -0.140. The molecular formula is C15H20N2O3. The van der Waals surface area contributed by atoms with Crippen molar-refractivity contribution in [3.8, 4) is 0 Å². The summed E-state index contributed by atoms with van der Waals surface area (Å²) >= 11 is 0. The van der Waals surface area contributed by atoms with Crippen molar-refractivity contribution in [1.29, 1.82) is 0 Å². The summed E-state index contributed by atoms with van der Waals surface area (Å²) in [5.74, 6) is -0.986. The molecule has 2 rings (SSSR count). The molecule has 5 nitrogen and oxygen atoms in total. The molecule has 0 aliphatic heterocycles. The van der Waals surface area contributed by atoms with Crippen molar-refractivity contribution in [2.24, 2.45) is 5.92 Å². The van der Waals surface area contributed by atoms with Gasteiger partial charge in [-0.1, -0.05) is 20.3 Å². The van der Waals surface area contributed by atoms with Crippen LogP contribution < -0.4 is 5.32 Å². The Bertz CT molecular complexity index is 512. The van der Waals surface area contributed by atoms with Gasteiger partial charge in [0.1, 0.15) is 6.04 Å². The third-order valence-corrected chi connectivity index (χ3v) is 3.80. The number of carboxylic acids is 1. The van der Waals surface area contributed by atoms with Gasteiger partial charge in [0.15, 0.2) is 0 Å². The lowest BCUT2D eigenvalue weighted by Gasteiger charge is -2.20. The third kappa shape index (κ3) is 3.35. The smallest absolute Gasteiger partial charge is 0.326 e. The molecule has 0 bridgehead atoms. The van der Waals surface area contributed by atoms with Crippen LogP contribution in [0.15, 0.2) is 18.3 Å². The summed E-state index contributed by atoms with van der Waals surface area (Å²) in [6.07, 6.45) is 4.54. The van der Waals surface area contributed by atoms with Crippen molar-refractivity contribution < 1.29 is 14.7 Å². The van der Waals surface area contributed by atoms with E-state index in [4.69, 9.17) is 0 Å². The highest BCUT2D eigenvalue weighted by molar-refractivity contribution is 5.96. The molecule has 1 amide bonds. The normalized spacial score (nSPS) is 17.3. The number of nitrogens with one attached hydrogen (secondary N) is 1. The molecule has 1 fully saturated rings. The van der Waals surface area contributed by atoms with E-state index in [0.29, 0.717) is 17.9 Å². The maximum absolute atomic E-state index is 12.2. The first-order valence-electron chi connectivity index (χ1n) is 7.02. The minimum atomic E-state index is -0.996.